The number of amides is 1. The number of anilines is 1. The highest BCUT2D eigenvalue weighted by molar-refractivity contribution is 8.08. The number of hydrogen-bond donors (Lipinski definition) is 1. The second-order valence-corrected chi connectivity index (χ2v) is 4.87. The maximum Gasteiger partial charge on any atom is 0.471 e. The van der Waals surface area contributed by atoms with Crippen LogP contribution in [-0.4, -0.2) is 17.8 Å². The van der Waals surface area contributed by atoms with E-state index in [1.54, 1.807) is 23.9 Å². The number of alkyl halides is 3. The number of allylic oxidation sites excluding steroid dienone is 1. The highest BCUT2D eigenvalue weighted by Gasteiger charge is 2.38. The Balaban J connectivity index is 2.06. The smallest absolute Gasteiger partial charge is 0.318 e. The topological polar surface area (TPSA) is 29.1 Å². The van der Waals surface area contributed by atoms with Gasteiger partial charge >= 0.3 is 12.1 Å². The van der Waals surface area contributed by atoms with E-state index < -0.39 is 12.1 Å². The van der Waals surface area contributed by atoms with E-state index in [4.69, 9.17) is 0 Å². The highest BCUT2D eigenvalue weighted by atomic mass is 32.2. The Labute approximate surface area is 106 Å². The van der Waals surface area contributed by atoms with Crippen LogP contribution in [0.15, 0.2) is 30.3 Å². The lowest BCUT2D eigenvalue weighted by Crippen LogP contribution is -2.29. The van der Waals surface area contributed by atoms with Crippen LogP contribution in [0.1, 0.15) is 12.0 Å². The predicted molar refractivity (Wildman–Crippen MR) is 66.2 cm³/mol. The van der Waals surface area contributed by atoms with E-state index >= 15 is 0 Å². The lowest BCUT2D eigenvalue weighted by molar-refractivity contribution is -0.167. The summed E-state index contributed by atoms with van der Waals surface area (Å²) in [4.78, 5) is 11.9. The van der Waals surface area contributed by atoms with Gasteiger partial charge in [-0.25, -0.2) is 0 Å². The number of rotatable bonds is 2. The van der Waals surface area contributed by atoms with Crippen molar-refractivity contribution < 1.29 is 18.0 Å². The zero-order valence-corrected chi connectivity index (χ0v) is 10.1. The monoisotopic (exact) mass is 273 g/mol. The molecule has 96 valence electrons. The maximum atomic E-state index is 12.0. The minimum absolute atomic E-state index is 0.143. The molecule has 0 atom stereocenters. The molecule has 1 aromatic rings. The summed E-state index contributed by atoms with van der Waals surface area (Å²) >= 11 is 1.71. The first kappa shape index (κ1) is 13.0. The fraction of sp³-hybridized carbons (Fsp3) is 0.250. The van der Waals surface area contributed by atoms with E-state index in [9.17, 15) is 18.0 Å². The molecule has 18 heavy (non-hydrogen) atoms. The standard InChI is InChI=1S/C12H10F3NOS/c13-12(14,15)11(17)16-9-5-3-8(4-6-9)10-2-1-7-18-10/h2-6H,1,7H2,(H,16,17). The van der Waals surface area contributed by atoms with Gasteiger partial charge in [0.2, 0.25) is 0 Å². The molecule has 2 rings (SSSR count). The van der Waals surface area contributed by atoms with E-state index in [1.165, 1.54) is 12.1 Å². The summed E-state index contributed by atoms with van der Waals surface area (Å²) in [5.41, 5.74) is 1.10. The first-order valence-corrected chi connectivity index (χ1v) is 6.27. The Morgan fingerprint density at radius 3 is 2.39 bits per heavy atom. The first-order valence-electron chi connectivity index (χ1n) is 5.28. The molecule has 1 heterocycles. The van der Waals surface area contributed by atoms with E-state index in [-0.39, 0.29) is 5.69 Å². The van der Waals surface area contributed by atoms with Gasteiger partial charge in [-0.05, 0) is 24.1 Å². The molecule has 0 fully saturated rings. The molecule has 0 saturated carbocycles. The van der Waals surface area contributed by atoms with Crippen molar-refractivity contribution in [3.63, 3.8) is 0 Å². The van der Waals surface area contributed by atoms with Crippen LogP contribution in [0.5, 0.6) is 0 Å². The molecule has 0 radical (unpaired) electrons. The van der Waals surface area contributed by atoms with E-state index in [2.05, 4.69) is 6.08 Å². The Bertz CT molecular complexity index is 479. The fourth-order valence-electron chi connectivity index (χ4n) is 1.54. The van der Waals surface area contributed by atoms with Crippen LogP contribution in [0.3, 0.4) is 0 Å². The van der Waals surface area contributed by atoms with E-state index in [0.717, 1.165) is 22.6 Å². The Kier molecular flexibility index (Phi) is 3.65. The number of halogens is 3. The summed E-state index contributed by atoms with van der Waals surface area (Å²) in [5, 5.41) is 1.81. The van der Waals surface area contributed by atoms with Gasteiger partial charge < -0.3 is 5.32 Å². The van der Waals surface area contributed by atoms with Gasteiger partial charge in [-0.15, -0.1) is 11.8 Å². The average molecular weight is 273 g/mol. The highest BCUT2D eigenvalue weighted by Crippen LogP contribution is 2.34. The second kappa shape index (κ2) is 5.06. The zero-order valence-electron chi connectivity index (χ0n) is 9.25. The lowest BCUT2D eigenvalue weighted by atomic mass is 10.2. The van der Waals surface area contributed by atoms with Crippen LogP contribution in [0.25, 0.3) is 4.91 Å². The van der Waals surface area contributed by atoms with Gasteiger partial charge in [0.25, 0.3) is 0 Å². The van der Waals surface area contributed by atoms with E-state index in [1.807, 2.05) is 5.32 Å². The minimum atomic E-state index is -4.86. The number of hydrogen-bond acceptors (Lipinski definition) is 2. The normalized spacial score (nSPS) is 15.4. The van der Waals surface area contributed by atoms with E-state index in [0.29, 0.717) is 0 Å². The molecule has 0 aromatic heterocycles. The fourth-order valence-corrected chi connectivity index (χ4v) is 2.53. The molecular weight excluding hydrogens is 263 g/mol. The maximum absolute atomic E-state index is 12.0. The van der Waals surface area contributed by atoms with Crippen LogP contribution in [0, 0.1) is 0 Å². The van der Waals surface area contributed by atoms with Crippen molar-refractivity contribution in [3.05, 3.63) is 35.9 Å². The molecule has 1 aromatic carbocycles. The summed E-state index contributed by atoms with van der Waals surface area (Å²) in [5.74, 6) is -0.924. The summed E-state index contributed by atoms with van der Waals surface area (Å²) in [7, 11) is 0. The molecule has 0 bridgehead atoms. The van der Waals surface area contributed by atoms with Gasteiger partial charge in [0.1, 0.15) is 0 Å². The summed E-state index contributed by atoms with van der Waals surface area (Å²) < 4.78 is 36.1. The predicted octanol–water partition coefficient (Wildman–Crippen LogP) is 3.67. The number of nitrogens with one attached hydrogen (secondary N) is 1. The van der Waals surface area contributed by atoms with Gasteiger partial charge in [0.05, 0.1) is 0 Å². The first-order chi connectivity index (χ1) is 8.47. The Morgan fingerprint density at radius 1 is 1.22 bits per heavy atom. The minimum Gasteiger partial charge on any atom is -0.318 e. The second-order valence-electron chi connectivity index (χ2n) is 3.73. The van der Waals surface area contributed by atoms with Crippen LogP contribution >= 0.6 is 11.8 Å². The van der Waals surface area contributed by atoms with Crippen molar-refractivity contribution in [2.45, 2.75) is 12.6 Å². The molecule has 6 heteroatoms. The third kappa shape index (κ3) is 3.07. The number of carbonyl (C=O) groups excluding carboxylic acids is 1. The van der Waals surface area contributed by atoms with Gasteiger partial charge in [-0.1, -0.05) is 18.2 Å². The van der Waals surface area contributed by atoms with Crippen molar-refractivity contribution in [3.8, 4) is 0 Å². The third-order valence-electron chi connectivity index (χ3n) is 2.39. The van der Waals surface area contributed by atoms with Gasteiger partial charge in [-0.3, -0.25) is 4.79 Å². The van der Waals surface area contributed by atoms with Crippen LogP contribution < -0.4 is 5.32 Å². The molecule has 0 aliphatic carbocycles. The number of benzene rings is 1. The van der Waals surface area contributed by atoms with Crippen molar-refractivity contribution >= 4 is 28.3 Å². The zero-order chi connectivity index (χ0) is 13.2. The van der Waals surface area contributed by atoms with Crippen molar-refractivity contribution in [2.75, 3.05) is 11.1 Å². The molecular formula is C12H10F3NOS. The molecule has 0 saturated heterocycles. The van der Waals surface area contributed by atoms with Crippen molar-refractivity contribution in [1.82, 2.24) is 0 Å². The quantitative estimate of drug-likeness (QED) is 0.890. The summed E-state index contributed by atoms with van der Waals surface area (Å²) in [6.07, 6.45) is -1.76. The van der Waals surface area contributed by atoms with Gasteiger partial charge in [0.15, 0.2) is 0 Å². The average Bonchev–Trinajstić information content (AvgIpc) is 2.82. The van der Waals surface area contributed by atoms with Crippen LogP contribution in [0.4, 0.5) is 18.9 Å². The van der Waals surface area contributed by atoms with Crippen molar-refractivity contribution in [1.29, 1.82) is 0 Å². The lowest BCUT2D eigenvalue weighted by Gasteiger charge is -2.08. The molecule has 0 spiro atoms. The van der Waals surface area contributed by atoms with Gasteiger partial charge in [0, 0.05) is 16.3 Å². The van der Waals surface area contributed by atoms with Gasteiger partial charge in [-0.2, -0.15) is 13.2 Å². The number of carbonyl (C=O) groups is 1. The molecule has 1 N–H and O–H groups in total. The molecule has 1 aliphatic rings. The number of thioether (sulfide) groups is 1. The molecule has 0 unspecified atom stereocenters. The Hall–Kier alpha value is -1.43. The Morgan fingerprint density at radius 2 is 1.89 bits per heavy atom. The van der Waals surface area contributed by atoms with Crippen molar-refractivity contribution in [2.24, 2.45) is 0 Å². The molecule has 2 nitrogen and oxygen atoms in total. The summed E-state index contributed by atoms with van der Waals surface area (Å²) in [6.45, 7) is 0. The SMILES string of the molecule is O=C(Nc1ccc(C2=CCCS2)cc1)C(F)(F)F. The summed E-state index contributed by atoms with van der Waals surface area (Å²) in [6, 6.07) is 6.35. The molecule has 1 aliphatic heterocycles. The van der Waals surface area contributed by atoms with Crippen LogP contribution in [-0.2, 0) is 4.79 Å². The largest absolute Gasteiger partial charge is 0.471 e. The molecule has 1 amide bonds. The third-order valence-corrected chi connectivity index (χ3v) is 3.54. The van der Waals surface area contributed by atoms with Crippen LogP contribution in [0.2, 0.25) is 0 Å².